The van der Waals surface area contributed by atoms with E-state index in [0.29, 0.717) is 0 Å². The number of hydrogen-bond acceptors (Lipinski definition) is 4. The van der Waals surface area contributed by atoms with Crippen molar-refractivity contribution in [3.05, 3.63) is 28.2 Å². The summed E-state index contributed by atoms with van der Waals surface area (Å²) in [6.07, 6.45) is 0. The summed E-state index contributed by atoms with van der Waals surface area (Å²) in [7, 11) is 0. The number of nitrogens with one attached hydrogen (secondary N) is 3. The van der Waals surface area contributed by atoms with Crippen molar-refractivity contribution in [2.24, 2.45) is 0 Å². The first-order chi connectivity index (χ1) is 8.13. The molecule has 1 rings (SSSR count). The van der Waals surface area contributed by atoms with Crippen LogP contribution in [0.4, 0.5) is 0 Å². The Hall–Kier alpha value is -1.89. The molecule has 0 saturated heterocycles. The third-order valence-corrected chi connectivity index (χ3v) is 2.01. The standard InChI is InChI=1S/C9H11ClN4O3/c10-5-8(16)11-3-4-12-9(17)6-1-2-7(15)14-13-6/h1-2H,3-5H2,(H,11,16)(H,12,17)(H,14,15). The first kappa shape index (κ1) is 13.2. The van der Waals surface area contributed by atoms with E-state index in [9.17, 15) is 14.4 Å². The molecule has 0 bridgehead atoms. The molecular formula is C9H11ClN4O3. The van der Waals surface area contributed by atoms with Gasteiger partial charge in [-0.1, -0.05) is 0 Å². The summed E-state index contributed by atoms with van der Waals surface area (Å²) in [5.41, 5.74) is -0.274. The normalized spacial score (nSPS) is 9.71. The van der Waals surface area contributed by atoms with Gasteiger partial charge in [0.25, 0.3) is 11.5 Å². The molecule has 0 unspecified atom stereocenters. The van der Waals surface area contributed by atoms with Crippen LogP contribution in [0.2, 0.25) is 0 Å². The van der Waals surface area contributed by atoms with Crippen molar-refractivity contribution in [1.29, 1.82) is 0 Å². The molecule has 0 aliphatic heterocycles. The summed E-state index contributed by atoms with van der Waals surface area (Å²) in [6.45, 7) is 0.531. The van der Waals surface area contributed by atoms with Crippen molar-refractivity contribution >= 4 is 23.4 Å². The van der Waals surface area contributed by atoms with Gasteiger partial charge in [0.15, 0.2) is 0 Å². The molecule has 0 spiro atoms. The fourth-order valence-corrected chi connectivity index (χ4v) is 1.08. The molecule has 0 aliphatic carbocycles. The molecule has 0 aromatic carbocycles. The Bertz CT molecular complexity index is 439. The number of carbonyl (C=O) groups is 2. The Labute approximate surface area is 102 Å². The quantitative estimate of drug-likeness (QED) is 0.458. The number of aromatic nitrogens is 2. The molecule has 0 aliphatic rings. The van der Waals surface area contributed by atoms with Gasteiger partial charge in [-0.15, -0.1) is 11.6 Å². The van der Waals surface area contributed by atoms with Crippen LogP contribution in [-0.4, -0.2) is 41.0 Å². The minimum absolute atomic E-state index is 0.105. The van der Waals surface area contributed by atoms with Gasteiger partial charge in [-0.25, -0.2) is 5.10 Å². The monoisotopic (exact) mass is 258 g/mol. The molecule has 0 fully saturated rings. The number of amides is 2. The van der Waals surface area contributed by atoms with Crippen LogP contribution in [0.25, 0.3) is 0 Å². The van der Waals surface area contributed by atoms with Gasteiger partial charge in [-0.2, -0.15) is 5.10 Å². The number of alkyl halides is 1. The minimum atomic E-state index is -0.429. The van der Waals surface area contributed by atoms with Crippen LogP contribution in [0.5, 0.6) is 0 Å². The van der Waals surface area contributed by atoms with Crippen LogP contribution in [-0.2, 0) is 4.79 Å². The molecule has 0 saturated carbocycles. The number of nitrogens with zero attached hydrogens (tertiary/aromatic N) is 1. The molecule has 7 nitrogen and oxygen atoms in total. The number of H-pyrrole nitrogens is 1. The second-order valence-electron chi connectivity index (χ2n) is 3.05. The number of rotatable bonds is 5. The highest BCUT2D eigenvalue weighted by atomic mass is 35.5. The van der Waals surface area contributed by atoms with E-state index in [1.165, 1.54) is 12.1 Å². The summed E-state index contributed by atoms with van der Waals surface area (Å²) in [5.74, 6) is -0.848. The zero-order valence-electron chi connectivity index (χ0n) is 8.83. The predicted molar refractivity (Wildman–Crippen MR) is 60.9 cm³/mol. The van der Waals surface area contributed by atoms with Crippen molar-refractivity contribution in [2.45, 2.75) is 0 Å². The van der Waals surface area contributed by atoms with Crippen LogP contribution >= 0.6 is 11.6 Å². The lowest BCUT2D eigenvalue weighted by Crippen LogP contribution is -2.35. The summed E-state index contributed by atoms with van der Waals surface area (Å²) < 4.78 is 0. The van der Waals surface area contributed by atoms with E-state index >= 15 is 0 Å². The molecule has 8 heteroatoms. The Morgan fingerprint density at radius 2 is 2.00 bits per heavy atom. The predicted octanol–water partition coefficient (Wildman–Crippen LogP) is -1.15. The van der Waals surface area contributed by atoms with E-state index < -0.39 is 5.91 Å². The summed E-state index contributed by atoms with van der Waals surface area (Å²) in [4.78, 5) is 32.9. The first-order valence-electron chi connectivity index (χ1n) is 4.80. The molecule has 17 heavy (non-hydrogen) atoms. The molecule has 3 N–H and O–H groups in total. The van der Waals surface area contributed by atoms with Crippen LogP contribution < -0.4 is 16.2 Å². The van der Waals surface area contributed by atoms with Crippen molar-refractivity contribution in [2.75, 3.05) is 19.0 Å². The molecule has 1 aromatic rings. The summed E-state index contributed by atoms with van der Waals surface area (Å²) >= 11 is 5.26. The number of halogens is 1. The van der Waals surface area contributed by atoms with E-state index in [4.69, 9.17) is 11.6 Å². The van der Waals surface area contributed by atoms with Crippen LogP contribution in [0.15, 0.2) is 16.9 Å². The van der Waals surface area contributed by atoms with Crippen molar-refractivity contribution in [1.82, 2.24) is 20.8 Å². The number of aromatic amines is 1. The highest BCUT2D eigenvalue weighted by molar-refractivity contribution is 6.27. The Balaban J connectivity index is 2.33. The molecule has 0 radical (unpaired) electrons. The van der Waals surface area contributed by atoms with Crippen LogP contribution in [0.3, 0.4) is 0 Å². The van der Waals surface area contributed by atoms with E-state index in [0.717, 1.165) is 0 Å². The maximum absolute atomic E-state index is 11.4. The van der Waals surface area contributed by atoms with Gasteiger partial charge in [-0.3, -0.25) is 14.4 Å². The lowest BCUT2D eigenvalue weighted by Gasteiger charge is -2.04. The Morgan fingerprint density at radius 3 is 2.59 bits per heavy atom. The fourth-order valence-electron chi connectivity index (χ4n) is 0.987. The maximum Gasteiger partial charge on any atom is 0.271 e. The maximum atomic E-state index is 11.4. The van der Waals surface area contributed by atoms with Gasteiger partial charge in [0.05, 0.1) is 0 Å². The molecule has 0 atom stereocenters. The second kappa shape index (κ2) is 6.64. The summed E-state index contributed by atoms with van der Waals surface area (Å²) in [6, 6.07) is 2.52. The van der Waals surface area contributed by atoms with E-state index in [-0.39, 0.29) is 36.1 Å². The zero-order chi connectivity index (χ0) is 12.7. The van der Waals surface area contributed by atoms with Gasteiger partial charge < -0.3 is 10.6 Å². The molecule has 2 amide bonds. The van der Waals surface area contributed by atoms with Gasteiger partial charge in [0.2, 0.25) is 5.91 Å². The highest BCUT2D eigenvalue weighted by Gasteiger charge is 2.06. The second-order valence-corrected chi connectivity index (χ2v) is 3.31. The third kappa shape index (κ3) is 4.64. The lowest BCUT2D eigenvalue weighted by atomic mass is 10.3. The van der Waals surface area contributed by atoms with Crippen LogP contribution in [0.1, 0.15) is 10.5 Å². The summed E-state index contributed by atoms with van der Waals surface area (Å²) in [5, 5.41) is 10.7. The molecular weight excluding hydrogens is 248 g/mol. The fraction of sp³-hybridized carbons (Fsp3) is 0.333. The lowest BCUT2D eigenvalue weighted by molar-refractivity contribution is -0.118. The van der Waals surface area contributed by atoms with E-state index in [2.05, 4.69) is 20.8 Å². The Kier molecular flexibility index (Phi) is 5.15. The first-order valence-corrected chi connectivity index (χ1v) is 5.33. The van der Waals surface area contributed by atoms with E-state index in [1.807, 2.05) is 0 Å². The molecule has 1 heterocycles. The highest BCUT2D eigenvalue weighted by Crippen LogP contribution is 1.87. The average Bonchev–Trinajstić information content (AvgIpc) is 2.34. The van der Waals surface area contributed by atoms with Crippen molar-refractivity contribution in [3.63, 3.8) is 0 Å². The zero-order valence-corrected chi connectivity index (χ0v) is 9.58. The minimum Gasteiger partial charge on any atom is -0.353 e. The Morgan fingerprint density at radius 1 is 1.29 bits per heavy atom. The largest absolute Gasteiger partial charge is 0.353 e. The number of hydrogen-bond donors (Lipinski definition) is 3. The van der Waals surface area contributed by atoms with Crippen molar-refractivity contribution < 1.29 is 9.59 Å². The molecule has 1 aromatic heterocycles. The van der Waals surface area contributed by atoms with Gasteiger partial charge in [0.1, 0.15) is 11.6 Å². The molecule has 92 valence electrons. The van der Waals surface area contributed by atoms with Gasteiger partial charge >= 0.3 is 0 Å². The average molecular weight is 259 g/mol. The van der Waals surface area contributed by atoms with Crippen molar-refractivity contribution in [3.8, 4) is 0 Å². The third-order valence-electron chi connectivity index (χ3n) is 1.77. The van der Waals surface area contributed by atoms with Gasteiger partial charge in [-0.05, 0) is 6.07 Å². The van der Waals surface area contributed by atoms with E-state index in [1.54, 1.807) is 0 Å². The van der Waals surface area contributed by atoms with Crippen LogP contribution in [0, 0.1) is 0 Å². The van der Waals surface area contributed by atoms with Gasteiger partial charge in [0, 0.05) is 19.2 Å². The number of carbonyl (C=O) groups excluding carboxylic acids is 2. The SMILES string of the molecule is O=C(CCl)NCCNC(=O)c1ccc(=O)[nH]n1. The smallest absolute Gasteiger partial charge is 0.271 e. The topological polar surface area (TPSA) is 104 Å².